The summed E-state index contributed by atoms with van der Waals surface area (Å²) in [6.45, 7) is 6.97. The number of hydrogen-bond donors (Lipinski definition) is 1. The van der Waals surface area contributed by atoms with E-state index in [4.69, 9.17) is 0 Å². The van der Waals surface area contributed by atoms with Crippen molar-refractivity contribution in [3.63, 3.8) is 0 Å². The van der Waals surface area contributed by atoms with E-state index in [-0.39, 0.29) is 36.4 Å². The van der Waals surface area contributed by atoms with Gasteiger partial charge in [0.1, 0.15) is 11.9 Å². The molecule has 0 aliphatic carbocycles. The molecule has 1 aromatic rings. The van der Waals surface area contributed by atoms with Crippen molar-refractivity contribution in [2.45, 2.75) is 39.2 Å². The fourth-order valence-electron chi connectivity index (χ4n) is 3.21. The van der Waals surface area contributed by atoms with Crippen LogP contribution in [-0.2, 0) is 9.59 Å². The molecule has 0 spiro atoms. The number of halogens is 1. The van der Waals surface area contributed by atoms with Crippen LogP contribution < -0.4 is 5.32 Å². The van der Waals surface area contributed by atoms with Crippen LogP contribution in [0.3, 0.4) is 0 Å². The van der Waals surface area contributed by atoms with Gasteiger partial charge in [0.2, 0.25) is 11.8 Å². The molecule has 7 heteroatoms. The van der Waals surface area contributed by atoms with Crippen LogP contribution in [0.2, 0.25) is 0 Å². The van der Waals surface area contributed by atoms with Crippen LogP contribution in [0, 0.1) is 11.7 Å². The third-order valence-corrected chi connectivity index (χ3v) is 4.90. The van der Waals surface area contributed by atoms with E-state index in [1.807, 2.05) is 20.9 Å². The molecule has 1 N–H and O–H groups in total. The molecule has 154 valence electrons. The molecule has 0 aromatic heterocycles. The number of piperazine rings is 1. The summed E-state index contributed by atoms with van der Waals surface area (Å²) in [7, 11) is 2.02. The van der Waals surface area contributed by atoms with Crippen LogP contribution in [0.25, 0.3) is 0 Å². The van der Waals surface area contributed by atoms with Crippen molar-refractivity contribution < 1.29 is 18.8 Å². The summed E-state index contributed by atoms with van der Waals surface area (Å²) in [5.41, 5.74) is 0.376. The summed E-state index contributed by atoms with van der Waals surface area (Å²) < 4.78 is 12.9. The highest BCUT2D eigenvalue weighted by Crippen LogP contribution is 2.12. The van der Waals surface area contributed by atoms with Gasteiger partial charge in [-0.25, -0.2) is 4.39 Å². The summed E-state index contributed by atoms with van der Waals surface area (Å²) in [6, 6.07) is 4.69. The third-order valence-electron chi connectivity index (χ3n) is 4.90. The fraction of sp³-hybridized carbons (Fsp3) is 0.571. The van der Waals surface area contributed by atoms with Gasteiger partial charge in [0.05, 0.1) is 0 Å². The predicted molar refractivity (Wildman–Crippen MR) is 105 cm³/mol. The lowest BCUT2D eigenvalue weighted by Crippen LogP contribution is -2.54. The molecule has 2 rings (SSSR count). The Kier molecular flexibility index (Phi) is 8.11. The lowest BCUT2D eigenvalue weighted by molar-refractivity contribution is -0.138. The zero-order valence-corrected chi connectivity index (χ0v) is 16.9. The van der Waals surface area contributed by atoms with Crippen LogP contribution in [0.4, 0.5) is 4.39 Å². The lowest BCUT2D eigenvalue weighted by atomic mass is 10.0. The average Bonchev–Trinajstić information content (AvgIpc) is 2.66. The van der Waals surface area contributed by atoms with Crippen molar-refractivity contribution in [2.24, 2.45) is 5.92 Å². The quantitative estimate of drug-likeness (QED) is 0.689. The van der Waals surface area contributed by atoms with E-state index in [0.29, 0.717) is 25.1 Å². The van der Waals surface area contributed by atoms with Crippen LogP contribution >= 0.6 is 0 Å². The minimum Gasteiger partial charge on any atom is -0.344 e. The second kappa shape index (κ2) is 10.3. The number of rotatable bonds is 8. The number of ketones is 1. The van der Waals surface area contributed by atoms with E-state index in [0.717, 1.165) is 13.1 Å². The molecule has 1 aliphatic heterocycles. The SMILES string of the molecule is CC(C)C[C@@H](NC(=O)CCC(=O)c1ccc(F)cc1)C(=O)N1CCN(C)CC1. The zero-order valence-electron chi connectivity index (χ0n) is 16.9. The molecule has 0 radical (unpaired) electrons. The molecule has 0 unspecified atom stereocenters. The van der Waals surface area contributed by atoms with E-state index in [1.165, 1.54) is 24.3 Å². The number of benzene rings is 1. The Morgan fingerprint density at radius 2 is 1.64 bits per heavy atom. The van der Waals surface area contributed by atoms with Crippen LogP contribution in [0.1, 0.15) is 43.5 Å². The maximum Gasteiger partial charge on any atom is 0.245 e. The molecule has 1 saturated heterocycles. The molecule has 0 saturated carbocycles. The van der Waals surface area contributed by atoms with Crippen LogP contribution in [-0.4, -0.2) is 66.7 Å². The monoisotopic (exact) mass is 391 g/mol. The zero-order chi connectivity index (χ0) is 20.7. The van der Waals surface area contributed by atoms with Gasteiger partial charge in [0.25, 0.3) is 0 Å². The molecule has 28 heavy (non-hydrogen) atoms. The number of carbonyl (C=O) groups excluding carboxylic acids is 3. The Balaban J connectivity index is 1.90. The number of likely N-dealkylation sites (N-methyl/N-ethyl adjacent to an activating group) is 1. The second-order valence-electron chi connectivity index (χ2n) is 7.81. The van der Waals surface area contributed by atoms with Gasteiger partial charge in [-0.3, -0.25) is 14.4 Å². The Bertz CT molecular complexity index is 683. The summed E-state index contributed by atoms with van der Waals surface area (Å²) in [4.78, 5) is 41.3. The Morgan fingerprint density at radius 3 is 2.21 bits per heavy atom. The van der Waals surface area contributed by atoms with Crippen molar-refractivity contribution >= 4 is 17.6 Å². The molecule has 1 heterocycles. The number of Topliss-reactive ketones (excluding diaryl/α,β-unsaturated/α-hetero) is 1. The molecule has 2 amide bonds. The maximum absolute atomic E-state index is 12.9. The van der Waals surface area contributed by atoms with Gasteiger partial charge in [-0.05, 0) is 43.7 Å². The fourth-order valence-corrected chi connectivity index (χ4v) is 3.21. The van der Waals surface area contributed by atoms with Gasteiger partial charge in [-0.2, -0.15) is 0 Å². The molecule has 1 aromatic carbocycles. The Morgan fingerprint density at radius 1 is 1.04 bits per heavy atom. The van der Waals surface area contributed by atoms with Gasteiger partial charge in [0, 0.05) is 44.6 Å². The van der Waals surface area contributed by atoms with Gasteiger partial charge in [-0.15, -0.1) is 0 Å². The number of carbonyl (C=O) groups is 3. The van der Waals surface area contributed by atoms with Gasteiger partial charge in [0.15, 0.2) is 5.78 Å². The maximum atomic E-state index is 12.9. The van der Waals surface area contributed by atoms with E-state index < -0.39 is 11.9 Å². The second-order valence-corrected chi connectivity index (χ2v) is 7.81. The molecular formula is C21H30FN3O3. The van der Waals surface area contributed by atoms with E-state index in [9.17, 15) is 18.8 Å². The van der Waals surface area contributed by atoms with Crippen molar-refractivity contribution in [3.05, 3.63) is 35.6 Å². The first-order valence-corrected chi connectivity index (χ1v) is 9.81. The van der Waals surface area contributed by atoms with Crippen molar-refractivity contribution in [1.82, 2.24) is 15.1 Å². The highest BCUT2D eigenvalue weighted by Gasteiger charge is 2.28. The summed E-state index contributed by atoms with van der Waals surface area (Å²) in [5, 5.41) is 2.82. The Labute approximate surface area is 166 Å². The molecule has 1 fully saturated rings. The van der Waals surface area contributed by atoms with E-state index in [2.05, 4.69) is 10.2 Å². The van der Waals surface area contributed by atoms with Gasteiger partial charge < -0.3 is 15.1 Å². The smallest absolute Gasteiger partial charge is 0.245 e. The number of nitrogens with zero attached hydrogens (tertiary/aromatic N) is 2. The lowest BCUT2D eigenvalue weighted by Gasteiger charge is -2.35. The molecule has 0 bridgehead atoms. The minimum absolute atomic E-state index is 0.000816. The molecule has 6 nitrogen and oxygen atoms in total. The van der Waals surface area contributed by atoms with Crippen molar-refractivity contribution in [1.29, 1.82) is 0 Å². The summed E-state index contributed by atoms with van der Waals surface area (Å²) in [5.74, 6) is -0.750. The summed E-state index contributed by atoms with van der Waals surface area (Å²) in [6.07, 6.45) is 0.582. The van der Waals surface area contributed by atoms with E-state index >= 15 is 0 Å². The average molecular weight is 391 g/mol. The van der Waals surface area contributed by atoms with E-state index in [1.54, 1.807) is 4.90 Å². The Hall–Kier alpha value is -2.28. The van der Waals surface area contributed by atoms with Crippen LogP contribution in [0.5, 0.6) is 0 Å². The predicted octanol–water partition coefficient (Wildman–Crippen LogP) is 2.09. The van der Waals surface area contributed by atoms with Crippen LogP contribution in [0.15, 0.2) is 24.3 Å². The first-order valence-electron chi connectivity index (χ1n) is 9.81. The first-order chi connectivity index (χ1) is 13.3. The van der Waals surface area contributed by atoms with Crippen molar-refractivity contribution in [2.75, 3.05) is 33.2 Å². The van der Waals surface area contributed by atoms with Gasteiger partial charge >= 0.3 is 0 Å². The van der Waals surface area contributed by atoms with Gasteiger partial charge in [-0.1, -0.05) is 13.8 Å². The van der Waals surface area contributed by atoms with Crippen molar-refractivity contribution in [3.8, 4) is 0 Å². The first kappa shape index (κ1) is 22.0. The number of hydrogen-bond acceptors (Lipinski definition) is 4. The summed E-state index contributed by atoms with van der Waals surface area (Å²) >= 11 is 0. The standard InChI is InChI=1S/C21H30FN3O3/c1-15(2)14-18(21(28)25-12-10-24(3)11-13-25)23-20(27)9-8-19(26)16-4-6-17(22)7-5-16/h4-7,15,18H,8-14H2,1-3H3,(H,23,27)/t18-/m1/s1. The molecular weight excluding hydrogens is 361 g/mol. The highest BCUT2D eigenvalue weighted by atomic mass is 19.1. The topological polar surface area (TPSA) is 69.7 Å². The molecule has 1 aliphatic rings. The molecule has 1 atom stereocenters. The highest BCUT2D eigenvalue weighted by molar-refractivity contribution is 5.98. The normalized spacial score (nSPS) is 16.1. The largest absolute Gasteiger partial charge is 0.344 e. The minimum atomic E-state index is -0.572. The number of nitrogens with one attached hydrogen (secondary N) is 1. The third kappa shape index (κ3) is 6.71. The number of amides is 2.